The highest BCUT2D eigenvalue weighted by molar-refractivity contribution is 5.80. The van der Waals surface area contributed by atoms with Gasteiger partial charge in [0.05, 0.1) is 12.2 Å². The van der Waals surface area contributed by atoms with Crippen LogP contribution >= 0.6 is 0 Å². The van der Waals surface area contributed by atoms with Crippen molar-refractivity contribution in [1.82, 2.24) is 0 Å². The topological polar surface area (TPSA) is 57.5 Å². The fourth-order valence-electron chi connectivity index (χ4n) is 7.39. The summed E-state index contributed by atoms with van der Waals surface area (Å²) in [6, 6.07) is 0. The van der Waals surface area contributed by atoms with Crippen LogP contribution in [0.15, 0.2) is 11.6 Å². The summed E-state index contributed by atoms with van der Waals surface area (Å²) in [5.41, 5.74) is 1.68. The van der Waals surface area contributed by atoms with Crippen LogP contribution in [-0.2, 0) is 4.79 Å². The molecule has 4 aliphatic carbocycles. The van der Waals surface area contributed by atoms with Crippen LogP contribution < -0.4 is 0 Å². The summed E-state index contributed by atoms with van der Waals surface area (Å²) in [4.78, 5) is 12.2. The molecule has 2 N–H and O–H groups in total. The number of hydrogen-bond acceptors (Lipinski definition) is 3. The maximum Gasteiger partial charge on any atom is 0.136 e. The molecule has 0 aliphatic heterocycles. The van der Waals surface area contributed by atoms with Crippen LogP contribution in [0.25, 0.3) is 0 Å². The Labute approximate surface area is 145 Å². The van der Waals surface area contributed by atoms with Gasteiger partial charge in [-0.2, -0.15) is 0 Å². The van der Waals surface area contributed by atoms with E-state index in [1.165, 1.54) is 5.57 Å². The third-order valence-electron chi connectivity index (χ3n) is 8.54. The number of allylic oxidation sites excluding steroid dienone is 1. The van der Waals surface area contributed by atoms with Crippen LogP contribution in [0.1, 0.15) is 65.7 Å². The number of aliphatic hydroxyl groups excluding tert-OH is 2. The van der Waals surface area contributed by atoms with E-state index in [9.17, 15) is 15.0 Å². The molecule has 0 radical (unpaired) electrons. The van der Waals surface area contributed by atoms with E-state index in [0.29, 0.717) is 17.8 Å². The molecule has 0 aromatic carbocycles. The highest BCUT2D eigenvalue weighted by Crippen LogP contribution is 2.66. The van der Waals surface area contributed by atoms with Gasteiger partial charge in [-0.25, -0.2) is 0 Å². The summed E-state index contributed by atoms with van der Waals surface area (Å²) in [7, 11) is 0. The molecule has 0 aromatic heterocycles. The molecule has 0 spiro atoms. The molecule has 3 nitrogen and oxygen atoms in total. The fourth-order valence-corrected chi connectivity index (χ4v) is 7.39. The van der Waals surface area contributed by atoms with E-state index in [1.54, 1.807) is 6.92 Å². The summed E-state index contributed by atoms with van der Waals surface area (Å²) in [5.74, 6) is 1.70. The summed E-state index contributed by atoms with van der Waals surface area (Å²) in [6.07, 6.45) is 8.73. The predicted molar refractivity (Wildman–Crippen MR) is 93.3 cm³/mol. The number of aliphatic hydroxyl groups is 2. The van der Waals surface area contributed by atoms with Crippen LogP contribution in [0.4, 0.5) is 0 Å². The van der Waals surface area contributed by atoms with Gasteiger partial charge in [-0.3, -0.25) is 4.79 Å². The normalized spacial score (nSPS) is 53.6. The smallest absolute Gasteiger partial charge is 0.136 e. The minimum atomic E-state index is -0.456. The Morgan fingerprint density at radius 2 is 1.92 bits per heavy atom. The van der Waals surface area contributed by atoms with E-state index >= 15 is 0 Å². The lowest BCUT2D eigenvalue weighted by Crippen LogP contribution is -2.51. The Kier molecular flexibility index (Phi) is 3.78. The lowest BCUT2D eigenvalue weighted by Gasteiger charge is -2.57. The molecule has 0 amide bonds. The van der Waals surface area contributed by atoms with Crippen LogP contribution in [0.3, 0.4) is 0 Å². The molecule has 0 heterocycles. The average Bonchev–Trinajstić information content (AvgIpc) is 2.78. The molecule has 0 saturated heterocycles. The summed E-state index contributed by atoms with van der Waals surface area (Å²) in [5, 5.41) is 20.7. The van der Waals surface area contributed by atoms with Crippen molar-refractivity contribution in [2.45, 2.75) is 77.9 Å². The highest BCUT2D eigenvalue weighted by Gasteiger charge is 2.61. The van der Waals surface area contributed by atoms with E-state index < -0.39 is 6.10 Å². The van der Waals surface area contributed by atoms with Gasteiger partial charge in [-0.1, -0.05) is 25.5 Å². The Bertz CT molecular complexity index is 582. The van der Waals surface area contributed by atoms with Crippen LogP contribution in [0, 0.1) is 34.5 Å². The van der Waals surface area contributed by atoms with E-state index in [1.807, 2.05) is 0 Å². The lowest BCUT2D eigenvalue weighted by atomic mass is 9.47. The lowest BCUT2D eigenvalue weighted by molar-refractivity contribution is -0.130. The van der Waals surface area contributed by atoms with Crippen molar-refractivity contribution in [3.8, 4) is 0 Å². The monoisotopic (exact) mass is 332 g/mol. The summed E-state index contributed by atoms with van der Waals surface area (Å²) in [6.45, 7) is 6.34. The van der Waals surface area contributed by atoms with Gasteiger partial charge in [-0.05, 0) is 80.5 Å². The van der Waals surface area contributed by atoms with Gasteiger partial charge in [0, 0.05) is 5.92 Å². The second kappa shape index (κ2) is 5.41. The second-order valence-corrected chi connectivity index (χ2v) is 9.59. The first-order valence-corrected chi connectivity index (χ1v) is 9.83. The second-order valence-electron chi connectivity index (χ2n) is 9.59. The first kappa shape index (κ1) is 16.8. The standard InChI is InChI=1S/C21H32O3/c1-12(22)19-18(24)11-17-15-5-4-13-10-14(23)6-8-20(13,2)16(15)7-9-21(17,19)3/h4,14-19,23-24H,5-11H2,1-3H3/t14?,15-,16+,17+,18?,19+,20+,21+/m1/s1. The third-order valence-corrected chi connectivity index (χ3v) is 8.54. The first-order valence-electron chi connectivity index (χ1n) is 9.83. The first-order chi connectivity index (χ1) is 11.3. The number of ketones is 1. The minimum absolute atomic E-state index is 0.0255. The number of carbonyl (C=O) groups is 1. The van der Waals surface area contributed by atoms with Gasteiger partial charge in [0.25, 0.3) is 0 Å². The quantitative estimate of drug-likeness (QED) is 0.723. The van der Waals surface area contributed by atoms with Gasteiger partial charge in [0.15, 0.2) is 0 Å². The van der Waals surface area contributed by atoms with E-state index in [0.717, 1.165) is 44.9 Å². The van der Waals surface area contributed by atoms with Gasteiger partial charge >= 0.3 is 0 Å². The maximum absolute atomic E-state index is 12.2. The largest absolute Gasteiger partial charge is 0.393 e. The van der Waals surface area contributed by atoms with Crippen molar-refractivity contribution >= 4 is 5.78 Å². The number of Topliss-reactive ketones (excluding diaryl/α,β-unsaturated/α-hetero) is 1. The van der Waals surface area contributed by atoms with Crippen molar-refractivity contribution in [2.24, 2.45) is 34.5 Å². The average molecular weight is 332 g/mol. The summed E-state index contributed by atoms with van der Waals surface area (Å²) < 4.78 is 0. The minimum Gasteiger partial charge on any atom is -0.393 e. The molecule has 3 fully saturated rings. The molecule has 8 atom stereocenters. The molecular formula is C21H32O3. The van der Waals surface area contributed by atoms with Crippen LogP contribution in [0.2, 0.25) is 0 Å². The zero-order valence-corrected chi connectivity index (χ0v) is 15.3. The Hall–Kier alpha value is -0.670. The SMILES string of the molecule is CC(=O)[C@H]1C(O)C[C@H]2[C@@H]3CC=C4CC(O)CC[C@]4(C)[C@H]3CC[C@]12C. The molecule has 0 aromatic rings. The van der Waals surface area contributed by atoms with E-state index in [4.69, 9.17) is 0 Å². The van der Waals surface area contributed by atoms with Gasteiger partial charge in [0.1, 0.15) is 5.78 Å². The van der Waals surface area contributed by atoms with Gasteiger partial charge in [0.2, 0.25) is 0 Å². The van der Waals surface area contributed by atoms with Crippen molar-refractivity contribution in [3.63, 3.8) is 0 Å². The Morgan fingerprint density at radius 1 is 1.17 bits per heavy atom. The predicted octanol–water partition coefficient (Wildman–Crippen LogP) is 3.49. The van der Waals surface area contributed by atoms with E-state index in [2.05, 4.69) is 19.9 Å². The summed E-state index contributed by atoms with van der Waals surface area (Å²) >= 11 is 0. The Morgan fingerprint density at radius 3 is 2.62 bits per heavy atom. The highest BCUT2D eigenvalue weighted by atomic mass is 16.3. The molecule has 0 bridgehead atoms. The van der Waals surface area contributed by atoms with Crippen LogP contribution in [-0.4, -0.2) is 28.2 Å². The third kappa shape index (κ3) is 2.13. The van der Waals surface area contributed by atoms with Crippen molar-refractivity contribution < 1.29 is 15.0 Å². The molecule has 4 aliphatic rings. The molecular weight excluding hydrogens is 300 g/mol. The molecule has 4 rings (SSSR count). The number of hydrogen-bond donors (Lipinski definition) is 2. The number of carbonyl (C=O) groups excluding carboxylic acids is 1. The number of rotatable bonds is 1. The van der Waals surface area contributed by atoms with Crippen molar-refractivity contribution in [2.75, 3.05) is 0 Å². The molecule has 2 unspecified atom stereocenters. The van der Waals surface area contributed by atoms with Gasteiger partial charge < -0.3 is 10.2 Å². The zero-order chi connectivity index (χ0) is 17.3. The molecule has 3 saturated carbocycles. The molecule has 24 heavy (non-hydrogen) atoms. The fraction of sp³-hybridized carbons (Fsp3) is 0.857. The van der Waals surface area contributed by atoms with Crippen LogP contribution in [0.5, 0.6) is 0 Å². The van der Waals surface area contributed by atoms with E-state index in [-0.39, 0.29) is 28.6 Å². The Balaban J connectivity index is 1.68. The zero-order valence-electron chi connectivity index (χ0n) is 15.3. The molecule has 134 valence electrons. The number of fused-ring (bicyclic) bond motifs is 5. The van der Waals surface area contributed by atoms with Crippen molar-refractivity contribution in [3.05, 3.63) is 11.6 Å². The van der Waals surface area contributed by atoms with Gasteiger partial charge in [-0.15, -0.1) is 0 Å². The molecule has 3 heteroatoms. The maximum atomic E-state index is 12.2. The van der Waals surface area contributed by atoms with Crippen molar-refractivity contribution in [1.29, 1.82) is 0 Å².